The molecule has 4 rings (SSSR count). The van der Waals surface area contributed by atoms with Crippen LogP contribution in [0.2, 0.25) is 0 Å². The van der Waals surface area contributed by atoms with Crippen LogP contribution >= 0.6 is 0 Å². The lowest BCUT2D eigenvalue weighted by molar-refractivity contribution is 0.0541. The highest BCUT2D eigenvalue weighted by Crippen LogP contribution is 2.61. The summed E-state index contributed by atoms with van der Waals surface area (Å²) < 4.78 is 5.39. The Labute approximate surface area is 128 Å². The van der Waals surface area contributed by atoms with Gasteiger partial charge in [-0.2, -0.15) is 0 Å². The maximum atomic E-state index is 6.55. The third kappa shape index (κ3) is 1.95. The van der Waals surface area contributed by atoms with E-state index >= 15 is 0 Å². The van der Waals surface area contributed by atoms with Crippen LogP contribution in [-0.2, 0) is 0 Å². The van der Waals surface area contributed by atoms with E-state index in [4.69, 9.17) is 10.5 Å². The van der Waals surface area contributed by atoms with E-state index in [2.05, 4.69) is 25.1 Å². The lowest BCUT2D eigenvalue weighted by atomic mass is 9.55. The lowest BCUT2D eigenvalue weighted by Gasteiger charge is -2.50. The molecule has 2 saturated carbocycles. The molecule has 3 aliphatic carbocycles. The summed E-state index contributed by atoms with van der Waals surface area (Å²) in [7, 11) is 1.74. The van der Waals surface area contributed by atoms with Crippen molar-refractivity contribution in [1.29, 1.82) is 0 Å². The Morgan fingerprint density at radius 1 is 1.19 bits per heavy atom. The number of fused-ring (bicyclic) bond motifs is 5. The standard InChI is InChI=1S/C19H27NO/c1-19-8-3-4-17(19)15-11-18(20)16-10-12(21-2)5-6-13(16)14(15)7-9-19/h5-6,10,14-15,17-18H,3-4,7-9,11,20H2,1-2H3/t14-,15-,17+,18+,19+/m1/s1. The SMILES string of the molecule is COc1ccc2c(c1)[C@@H](N)C[C@@H]1[C@@H]2CC[C@]2(C)CCC[C@@H]12. The summed E-state index contributed by atoms with van der Waals surface area (Å²) in [6, 6.07) is 6.79. The molecule has 2 N–H and O–H groups in total. The molecule has 5 atom stereocenters. The van der Waals surface area contributed by atoms with Crippen LogP contribution in [0.1, 0.15) is 68.5 Å². The van der Waals surface area contributed by atoms with Gasteiger partial charge in [0.25, 0.3) is 0 Å². The van der Waals surface area contributed by atoms with E-state index in [-0.39, 0.29) is 6.04 Å². The second-order valence-electron chi connectivity index (χ2n) is 7.80. The van der Waals surface area contributed by atoms with Crippen LogP contribution in [0.5, 0.6) is 5.75 Å². The Balaban J connectivity index is 1.74. The fraction of sp³-hybridized carbons (Fsp3) is 0.684. The van der Waals surface area contributed by atoms with Crippen molar-refractivity contribution >= 4 is 0 Å². The summed E-state index contributed by atoms with van der Waals surface area (Å²) >= 11 is 0. The molecule has 21 heavy (non-hydrogen) atoms. The van der Waals surface area contributed by atoms with Gasteiger partial charge in [0.15, 0.2) is 0 Å². The van der Waals surface area contributed by atoms with E-state index in [1.165, 1.54) is 49.7 Å². The first kappa shape index (κ1) is 13.6. The van der Waals surface area contributed by atoms with Crippen LogP contribution in [0.4, 0.5) is 0 Å². The summed E-state index contributed by atoms with van der Waals surface area (Å²) in [6.07, 6.45) is 8.21. The minimum atomic E-state index is 0.194. The zero-order valence-electron chi connectivity index (χ0n) is 13.3. The van der Waals surface area contributed by atoms with Gasteiger partial charge in [-0.3, -0.25) is 0 Å². The van der Waals surface area contributed by atoms with Crippen LogP contribution in [0.15, 0.2) is 18.2 Å². The van der Waals surface area contributed by atoms with Gasteiger partial charge in [0.1, 0.15) is 5.75 Å². The van der Waals surface area contributed by atoms with Gasteiger partial charge in [-0.15, -0.1) is 0 Å². The summed E-state index contributed by atoms with van der Waals surface area (Å²) in [5, 5.41) is 0. The first-order valence-corrected chi connectivity index (χ1v) is 8.56. The average Bonchev–Trinajstić information content (AvgIpc) is 2.89. The number of hydrogen-bond acceptors (Lipinski definition) is 2. The van der Waals surface area contributed by atoms with Gasteiger partial charge in [0.05, 0.1) is 7.11 Å². The van der Waals surface area contributed by atoms with Crippen molar-refractivity contribution < 1.29 is 4.74 Å². The first-order chi connectivity index (χ1) is 10.1. The lowest BCUT2D eigenvalue weighted by Crippen LogP contribution is -2.41. The normalized spacial score (nSPS) is 41.1. The van der Waals surface area contributed by atoms with Gasteiger partial charge in [0, 0.05) is 6.04 Å². The summed E-state index contributed by atoms with van der Waals surface area (Å²) in [6.45, 7) is 2.54. The molecule has 0 spiro atoms. The van der Waals surface area contributed by atoms with Crippen LogP contribution < -0.4 is 10.5 Å². The predicted molar refractivity (Wildman–Crippen MR) is 85.5 cm³/mol. The highest BCUT2D eigenvalue weighted by molar-refractivity contribution is 5.42. The van der Waals surface area contributed by atoms with Crippen LogP contribution in [0.25, 0.3) is 0 Å². The highest BCUT2D eigenvalue weighted by Gasteiger charge is 2.51. The van der Waals surface area contributed by atoms with Crippen molar-refractivity contribution in [2.45, 2.75) is 57.4 Å². The first-order valence-electron chi connectivity index (χ1n) is 8.56. The number of nitrogens with two attached hydrogens (primary N) is 1. The molecule has 0 amide bonds. The molecular formula is C19H27NO. The van der Waals surface area contributed by atoms with Crippen molar-refractivity contribution in [3.05, 3.63) is 29.3 Å². The minimum absolute atomic E-state index is 0.194. The predicted octanol–water partition coefficient (Wildman–Crippen LogP) is 4.40. The number of methoxy groups -OCH3 is 1. The smallest absolute Gasteiger partial charge is 0.119 e. The fourth-order valence-corrected chi connectivity index (χ4v) is 5.75. The Hall–Kier alpha value is -1.02. The largest absolute Gasteiger partial charge is 0.497 e. The molecule has 0 bridgehead atoms. The second kappa shape index (κ2) is 4.74. The Morgan fingerprint density at radius 2 is 2.05 bits per heavy atom. The molecule has 0 aliphatic heterocycles. The van der Waals surface area contributed by atoms with Gasteiger partial charge >= 0.3 is 0 Å². The molecule has 1 aromatic carbocycles. The van der Waals surface area contributed by atoms with Crippen molar-refractivity contribution in [1.82, 2.24) is 0 Å². The average molecular weight is 285 g/mol. The van der Waals surface area contributed by atoms with Gasteiger partial charge in [0.2, 0.25) is 0 Å². The van der Waals surface area contributed by atoms with Crippen LogP contribution in [-0.4, -0.2) is 7.11 Å². The minimum Gasteiger partial charge on any atom is -0.497 e. The maximum Gasteiger partial charge on any atom is 0.119 e. The molecule has 2 heteroatoms. The van der Waals surface area contributed by atoms with Gasteiger partial charge in [-0.25, -0.2) is 0 Å². The topological polar surface area (TPSA) is 35.2 Å². The molecule has 2 fully saturated rings. The molecule has 0 radical (unpaired) electrons. The Bertz CT molecular complexity index is 554. The van der Waals surface area contributed by atoms with E-state index in [0.29, 0.717) is 5.41 Å². The molecule has 3 aliphatic rings. The number of hydrogen-bond donors (Lipinski definition) is 1. The third-order valence-electron chi connectivity index (χ3n) is 6.84. The Morgan fingerprint density at radius 3 is 2.86 bits per heavy atom. The summed E-state index contributed by atoms with van der Waals surface area (Å²) in [4.78, 5) is 0. The molecule has 0 aromatic heterocycles. The van der Waals surface area contributed by atoms with Crippen LogP contribution in [0.3, 0.4) is 0 Å². The van der Waals surface area contributed by atoms with Crippen molar-refractivity contribution in [2.75, 3.05) is 7.11 Å². The summed E-state index contributed by atoms with van der Waals surface area (Å²) in [5.41, 5.74) is 10.0. The van der Waals surface area contributed by atoms with E-state index in [1.807, 2.05) is 0 Å². The molecule has 2 nitrogen and oxygen atoms in total. The summed E-state index contributed by atoms with van der Waals surface area (Å²) in [5.74, 6) is 3.39. The molecule has 114 valence electrons. The van der Waals surface area contributed by atoms with E-state index in [0.717, 1.165) is 23.5 Å². The van der Waals surface area contributed by atoms with E-state index in [9.17, 15) is 0 Å². The Kier molecular flexibility index (Phi) is 3.08. The third-order valence-corrected chi connectivity index (χ3v) is 6.84. The zero-order valence-corrected chi connectivity index (χ0v) is 13.3. The van der Waals surface area contributed by atoms with E-state index in [1.54, 1.807) is 7.11 Å². The maximum absolute atomic E-state index is 6.55. The van der Waals surface area contributed by atoms with E-state index < -0.39 is 0 Å². The highest BCUT2D eigenvalue weighted by atomic mass is 16.5. The quantitative estimate of drug-likeness (QED) is 0.830. The molecule has 1 aromatic rings. The molecule has 0 heterocycles. The van der Waals surface area contributed by atoms with Crippen molar-refractivity contribution in [3.8, 4) is 5.75 Å². The van der Waals surface area contributed by atoms with Gasteiger partial charge < -0.3 is 10.5 Å². The second-order valence-corrected chi connectivity index (χ2v) is 7.80. The van der Waals surface area contributed by atoms with Gasteiger partial charge in [-0.05, 0) is 78.5 Å². The fourth-order valence-electron chi connectivity index (χ4n) is 5.75. The molecule has 0 unspecified atom stereocenters. The van der Waals surface area contributed by atoms with Crippen molar-refractivity contribution in [2.24, 2.45) is 23.0 Å². The monoisotopic (exact) mass is 285 g/mol. The zero-order chi connectivity index (χ0) is 14.6. The number of benzene rings is 1. The van der Waals surface area contributed by atoms with Crippen molar-refractivity contribution in [3.63, 3.8) is 0 Å². The molecular weight excluding hydrogens is 258 g/mol. The van der Waals surface area contributed by atoms with Crippen LogP contribution in [0, 0.1) is 17.3 Å². The molecule has 0 saturated heterocycles. The number of rotatable bonds is 1. The van der Waals surface area contributed by atoms with Gasteiger partial charge in [-0.1, -0.05) is 19.4 Å². The number of ether oxygens (including phenoxy) is 1.